The molecular weight excluding hydrogens is 250 g/mol. The second kappa shape index (κ2) is 4.47. The zero-order chi connectivity index (χ0) is 12.7. The molecule has 0 heterocycles. The number of carbonyl (C=O) groups is 1. The van der Waals surface area contributed by atoms with Crippen LogP contribution < -0.4 is 0 Å². The van der Waals surface area contributed by atoms with Crippen LogP contribution in [0, 0.1) is 5.92 Å². The third-order valence-corrected chi connectivity index (χ3v) is 3.83. The number of aromatic hydroxyl groups is 1. The minimum Gasteiger partial charge on any atom is -0.507 e. The standard InChI is InChI=1S/C14H16ClNO2/c15-10-3-6-12(13(17)7-10)14(18)16(11-4-5-11)8-9-1-2-9/h3,6-7,9,11,17H,1-2,4-5,8H2. The number of hydrogen-bond acceptors (Lipinski definition) is 2. The van der Waals surface area contributed by atoms with Gasteiger partial charge in [-0.1, -0.05) is 11.6 Å². The van der Waals surface area contributed by atoms with Gasteiger partial charge in [0.1, 0.15) is 5.75 Å². The van der Waals surface area contributed by atoms with Crippen molar-refractivity contribution < 1.29 is 9.90 Å². The van der Waals surface area contributed by atoms with E-state index in [0.717, 1.165) is 19.4 Å². The third kappa shape index (κ3) is 2.46. The Morgan fingerprint density at radius 2 is 2.06 bits per heavy atom. The number of amides is 1. The summed E-state index contributed by atoms with van der Waals surface area (Å²) < 4.78 is 0. The highest BCUT2D eigenvalue weighted by molar-refractivity contribution is 6.30. The van der Waals surface area contributed by atoms with Gasteiger partial charge in [0.15, 0.2) is 0 Å². The molecule has 1 aromatic rings. The molecule has 3 rings (SSSR count). The minimum atomic E-state index is -0.0569. The SMILES string of the molecule is O=C(c1ccc(Cl)cc1O)N(CC1CC1)C1CC1. The summed E-state index contributed by atoms with van der Waals surface area (Å²) >= 11 is 5.79. The van der Waals surface area contributed by atoms with Gasteiger partial charge in [0.25, 0.3) is 5.91 Å². The molecule has 2 fully saturated rings. The first-order valence-corrected chi connectivity index (χ1v) is 6.82. The van der Waals surface area contributed by atoms with Gasteiger partial charge in [-0.2, -0.15) is 0 Å². The Morgan fingerprint density at radius 3 is 2.61 bits per heavy atom. The number of phenols is 1. The number of halogens is 1. The van der Waals surface area contributed by atoms with E-state index in [1.807, 2.05) is 4.90 Å². The van der Waals surface area contributed by atoms with Crippen LogP contribution in [0.5, 0.6) is 5.75 Å². The van der Waals surface area contributed by atoms with Crippen molar-refractivity contribution in [2.24, 2.45) is 5.92 Å². The fourth-order valence-corrected chi connectivity index (χ4v) is 2.37. The fourth-order valence-electron chi connectivity index (χ4n) is 2.20. The zero-order valence-electron chi connectivity index (χ0n) is 10.1. The Labute approximate surface area is 111 Å². The number of rotatable bonds is 4. The van der Waals surface area contributed by atoms with Crippen molar-refractivity contribution in [2.45, 2.75) is 31.7 Å². The van der Waals surface area contributed by atoms with Crippen molar-refractivity contribution in [3.8, 4) is 5.75 Å². The summed E-state index contributed by atoms with van der Waals surface area (Å²) in [7, 11) is 0. The van der Waals surface area contributed by atoms with Crippen molar-refractivity contribution in [3.63, 3.8) is 0 Å². The number of nitrogens with zero attached hydrogens (tertiary/aromatic N) is 1. The topological polar surface area (TPSA) is 40.5 Å². The average Bonchev–Trinajstić information content (AvgIpc) is 3.18. The number of hydrogen-bond donors (Lipinski definition) is 1. The number of benzene rings is 1. The van der Waals surface area contributed by atoms with Gasteiger partial charge in [0.05, 0.1) is 5.56 Å². The molecule has 1 aromatic carbocycles. The van der Waals surface area contributed by atoms with E-state index in [4.69, 9.17) is 11.6 Å². The van der Waals surface area contributed by atoms with Crippen LogP contribution in [-0.4, -0.2) is 28.5 Å². The van der Waals surface area contributed by atoms with Gasteiger partial charge in [-0.05, 0) is 49.8 Å². The van der Waals surface area contributed by atoms with Crippen molar-refractivity contribution in [1.82, 2.24) is 4.90 Å². The number of phenolic OH excluding ortho intramolecular Hbond substituents is 1. The molecule has 0 aromatic heterocycles. The molecule has 1 amide bonds. The lowest BCUT2D eigenvalue weighted by molar-refractivity contribution is 0.0732. The summed E-state index contributed by atoms with van der Waals surface area (Å²) in [5.74, 6) is 0.594. The Kier molecular flexibility index (Phi) is 2.94. The van der Waals surface area contributed by atoms with Gasteiger partial charge in [-0.15, -0.1) is 0 Å². The Hall–Kier alpha value is -1.22. The summed E-state index contributed by atoms with van der Waals surface area (Å²) in [6, 6.07) is 5.07. The molecule has 18 heavy (non-hydrogen) atoms. The van der Waals surface area contributed by atoms with E-state index < -0.39 is 0 Å². The van der Waals surface area contributed by atoms with Crippen LogP contribution >= 0.6 is 11.6 Å². The predicted octanol–water partition coefficient (Wildman–Crippen LogP) is 3.06. The average molecular weight is 266 g/mol. The van der Waals surface area contributed by atoms with E-state index in [0.29, 0.717) is 22.5 Å². The second-order valence-electron chi connectivity index (χ2n) is 5.29. The molecule has 0 atom stereocenters. The molecule has 2 saturated carbocycles. The molecule has 0 spiro atoms. The van der Waals surface area contributed by atoms with Gasteiger partial charge in [0.2, 0.25) is 0 Å². The van der Waals surface area contributed by atoms with Gasteiger partial charge >= 0.3 is 0 Å². The molecule has 0 saturated heterocycles. The smallest absolute Gasteiger partial charge is 0.257 e. The van der Waals surface area contributed by atoms with E-state index in [1.54, 1.807) is 12.1 Å². The van der Waals surface area contributed by atoms with Crippen molar-refractivity contribution in [3.05, 3.63) is 28.8 Å². The van der Waals surface area contributed by atoms with Crippen LogP contribution in [0.3, 0.4) is 0 Å². The lowest BCUT2D eigenvalue weighted by Crippen LogP contribution is -2.34. The summed E-state index contributed by atoms with van der Waals surface area (Å²) in [6.07, 6.45) is 4.63. The van der Waals surface area contributed by atoms with Crippen molar-refractivity contribution in [1.29, 1.82) is 0 Å². The molecule has 96 valence electrons. The first-order valence-electron chi connectivity index (χ1n) is 6.44. The summed E-state index contributed by atoms with van der Waals surface area (Å²) in [4.78, 5) is 14.4. The highest BCUT2D eigenvalue weighted by Crippen LogP contribution is 2.36. The van der Waals surface area contributed by atoms with Gasteiger partial charge in [-0.3, -0.25) is 4.79 Å². The maximum atomic E-state index is 12.4. The molecule has 0 aliphatic heterocycles. The Morgan fingerprint density at radius 1 is 1.33 bits per heavy atom. The van der Waals surface area contributed by atoms with E-state index in [9.17, 15) is 9.90 Å². The van der Waals surface area contributed by atoms with Crippen molar-refractivity contribution in [2.75, 3.05) is 6.54 Å². The normalized spacial score (nSPS) is 18.7. The minimum absolute atomic E-state index is 0.0195. The molecular formula is C14H16ClNO2. The maximum Gasteiger partial charge on any atom is 0.257 e. The third-order valence-electron chi connectivity index (χ3n) is 3.59. The predicted molar refractivity (Wildman–Crippen MR) is 69.9 cm³/mol. The summed E-state index contributed by atoms with van der Waals surface area (Å²) in [5.41, 5.74) is 0.368. The van der Waals surface area contributed by atoms with Crippen molar-refractivity contribution >= 4 is 17.5 Å². The zero-order valence-corrected chi connectivity index (χ0v) is 10.9. The molecule has 0 radical (unpaired) electrons. The quantitative estimate of drug-likeness (QED) is 0.909. The molecule has 1 N–H and O–H groups in total. The van der Waals surface area contributed by atoms with Crippen LogP contribution in [0.1, 0.15) is 36.0 Å². The van der Waals surface area contributed by atoms with Gasteiger partial charge < -0.3 is 10.0 Å². The molecule has 0 unspecified atom stereocenters. The van der Waals surface area contributed by atoms with Crippen LogP contribution in [-0.2, 0) is 0 Å². The first kappa shape index (κ1) is 11.8. The lowest BCUT2D eigenvalue weighted by atomic mass is 10.1. The monoisotopic (exact) mass is 265 g/mol. The molecule has 2 aliphatic rings. The Bertz CT molecular complexity index is 481. The Balaban J connectivity index is 1.81. The first-order chi connectivity index (χ1) is 8.65. The van der Waals surface area contributed by atoms with Crippen LogP contribution in [0.15, 0.2) is 18.2 Å². The maximum absolute atomic E-state index is 12.4. The van der Waals surface area contributed by atoms with E-state index in [2.05, 4.69) is 0 Å². The second-order valence-corrected chi connectivity index (χ2v) is 5.73. The van der Waals surface area contributed by atoms with Crippen LogP contribution in [0.4, 0.5) is 0 Å². The summed E-state index contributed by atoms with van der Waals surface area (Å²) in [5, 5.41) is 10.3. The molecule has 2 aliphatic carbocycles. The highest BCUT2D eigenvalue weighted by atomic mass is 35.5. The van der Waals surface area contributed by atoms with E-state index in [-0.39, 0.29) is 11.7 Å². The van der Waals surface area contributed by atoms with Crippen LogP contribution in [0.25, 0.3) is 0 Å². The van der Waals surface area contributed by atoms with Gasteiger partial charge in [-0.25, -0.2) is 0 Å². The van der Waals surface area contributed by atoms with Gasteiger partial charge in [0, 0.05) is 17.6 Å². The molecule has 0 bridgehead atoms. The summed E-state index contributed by atoms with van der Waals surface area (Å²) in [6.45, 7) is 0.839. The largest absolute Gasteiger partial charge is 0.507 e. The van der Waals surface area contributed by atoms with E-state index >= 15 is 0 Å². The van der Waals surface area contributed by atoms with E-state index in [1.165, 1.54) is 18.9 Å². The fraction of sp³-hybridized carbons (Fsp3) is 0.500. The number of carbonyl (C=O) groups excluding carboxylic acids is 1. The molecule has 4 heteroatoms. The lowest BCUT2D eigenvalue weighted by Gasteiger charge is -2.22. The highest BCUT2D eigenvalue weighted by Gasteiger charge is 2.37. The van der Waals surface area contributed by atoms with Crippen LogP contribution in [0.2, 0.25) is 5.02 Å². The molecule has 3 nitrogen and oxygen atoms in total.